The van der Waals surface area contributed by atoms with Crippen LogP contribution in [0.4, 0.5) is 0 Å². The number of carboxylic acid groups (broad SMARTS) is 1. The Hall–Kier alpha value is -2.30. The standard InChI is InChI=1S/C12H11NO4/c1-6-3-7-4-10(11(14)15)13-9(7)5-8(6)12(16)17-2/h3-5,13H,1-2H3,(H,14,15). The smallest absolute Gasteiger partial charge is 0.352 e. The molecule has 0 unspecified atom stereocenters. The van der Waals surface area contributed by atoms with E-state index in [0.29, 0.717) is 11.1 Å². The average Bonchev–Trinajstić information content (AvgIpc) is 2.69. The molecule has 88 valence electrons. The third-order valence-electron chi connectivity index (χ3n) is 2.60. The zero-order valence-corrected chi connectivity index (χ0v) is 9.40. The fourth-order valence-electron chi connectivity index (χ4n) is 1.74. The molecule has 17 heavy (non-hydrogen) atoms. The minimum absolute atomic E-state index is 0.0985. The highest BCUT2D eigenvalue weighted by Gasteiger charge is 2.13. The van der Waals surface area contributed by atoms with Gasteiger partial charge in [-0.2, -0.15) is 0 Å². The molecule has 5 nitrogen and oxygen atoms in total. The van der Waals surface area contributed by atoms with Crippen LogP contribution in [0.5, 0.6) is 0 Å². The number of ether oxygens (including phenoxy) is 1. The van der Waals surface area contributed by atoms with Gasteiger partial charge in [-0.15, -0.1) is 0 Å². The van der Waals surface area contributed by atoms with Gasteiger partial charge in [0.2, 0.25) is 0 Å². The van der Waals surface area contributed by atoms with Gasteiger partial charge in [0, 0.05) is 10.9 Å². The normalized spacial score (nSPS) is 10.5. The predicted molar refractivity (Wildman–Crippen MR) is 61.3 cm³/mol. The predicted octanol–water partition coefficient (Wildman–Crippen LogP) is 1.96. The van der Waals surface area contributed by atoms with E-state index in [2.05, 4.69) is 9.72 Å². The fourth-order valence-corrected chi connectivity index (χ4v) is 1.74. The molecule has 0 atom stereocenters. The Labute approximate surface area is 97.0 Å². The zero-order valence-electron chi connectivity index (χ0n) is 9.40. The van der Waals surface area contributed by atoms with Gasteiger partial charge < -0.3 is 14.8 Å². The molecule has 5 heteroatoms. The molecule has 0 saturated carbocycles. The number of carboxylic acids is 1. The average molecular weight is 233 g/mol. The van der Waals surface area contributed by atoms with Crippen molar-refractivity contribution >= 4 is 22.8 Å². The van der Waals surface area contributed by atoms with Gasteiger partial charge in [-0.1, -0.05) is 0 Å². The van der Waals surface area contributed by atoms with Gasteiger partial charge >= 0.3 is 11.9 Å². The number of nitrogens with one attached hydrogen (secondary N) is 1. The van der Waals surface area contributed by atoms with Crippen LogP contribution in [0, 0.1) is 6.92 Å². The summed E-state index contributed by atoms with van der Waals surface area (Å²) in [6.45, 7) is 1.78. The molecule has 2 rings (SSSR count). The second-order valence-corrected chi connectivity index (χ2v) is 3.73. The summed E-state index contributed by atoms with van der Waals surface area (Å²) in [5, 5.41) is 9.61. The Kier molecular flexibility index (Phi) is 2.59. The zero-order chi connectivity index (χ0) is 12.6. The van der Waals surface area contributed by atoms with E-state index in [4.69, 9.17) is 5.11 Å². The van der Waals surface area contributed by atoms with Crippen molar-refractivity contribution in [2.75, 3.05) is 7.11 Å². The Morgan fingerprint density at radius 1 is 1.29 bits per heavy atom. The topological polar surface area (TPSA) is 79.4 Å². The molecule has 1 aromatic carbocycles. The minimum Gasteiger partial charge on any atom is -0.477 e. The lowest BCUT2D eigenvalue weighted by Gasteiger charge is -2.03. The van der Waals surface area contributed by atoms with Crippen LogP contribution in [0.1, 0.15) is 26.4 Å². The van der Waals surface area contributed by atoms with E-state index in [1.807, 2.05) is 0 Å². The number of methoxy groups -OCH3 is 1. The third kappa shape index (κ3) is 1.87. The monoisotopic (exact) mass is 233 g/mol. The maximum atomic E-state index is 11.5. The van der Waals surface area contributed by atoms with E-state index in [-0.39, 0.29) is 5.69 Å². The third-order valence-corrected chi connectivity index (χ3v) is 2.60. The van der Waals surface area contributed by atoms with Crippen molar-refractivity contribution in [2.24, 2.45) is 0 Å². The first-order valence-corrected chi connectivity index (χ1v) is 4.98. The number of hydrogen-bond acceptors (Lipinski definition) is 3. The number of carbonyl (C=O) groups is 2. The molecular formula is C12H11NO4. The molecule has 0 amide bonds. The van der Waals surface area contributed by atoms with Crippen LogP contribution in [-0.4, -0.2) is 29.1 Å². The van der Waals surface area contributed by atoms with Crippen molar-refractivity contribution < 1.29 is 19.4 Å². The number of esters is 1. The van der Waals surface area contributed by atoms with Crippen LogP contribution in [-0.2, 0) is 4.74 Å². The van der Waals surface area contributed by atoms with Crippen LogP contribution < -0.4 is 0 Å². The fraction of sp³-hybridized carbons (Fsp3) is 0.167. The van der Waals surface area contributed by atoms with E-state index >= 15 is 0 Å². The Morgan fingerprint density at radius 2 is 2.00 bits per heavy atom. The largest absolute Gasteiger partial charge is 0.477 e. The Balaban J connectivity index is 2.63. The van der Waals surface area contributed by atoms with Crippen LogP contribution in [0.15, 0.2) is 18.2 Å². The van der Waals surface area contributed by atoms with Gasteiger partial charge in [0.15, 0.2) is 0 Å². The number of carbonyl (C=O) groups excluding carboxylic acids is 1. The second kappa shape index (κ2) is 3.93. The van der Waals surface area contributed by atoms with Crippen molar-refractivity contribution in [1.82, 2.24) is 4.98 Å². The van der Waals surface area contributed by atoms with E-state index in [0.717, 1.165) is 10.9 Å². The van der Waals surface area contributed by atoms with Crippen molar-refractivity contribution in [3.8, 4) is 0 Å². The quantitative estimate of drug-likeness (QED) is 0.777. The number of fused-ring (bicyclic) bond motifs is 1. The second-order valence-electron chi connectivity index (χ2n) is 3.73. The summed E-state index contributed by atoms with van der Waals surface area (Å²) >= 11 is 0. The molecule has 0 bridgehead atoms. The molecule has 2 N–H and O–H groups in total. The van der Waals surface area contributed by atoms with Crippen molar-refractivity contribution in [1.29, 1.82) is 0 Å². The number of H-pyrrole nitrogens is 1. The summed E-state index contributed by atoms with van der Waals surface area (Å²) < 4.78 is 4.65. The number of aromatic nitrogens is 1. The molecule has 1 heterocycles. The van der Waals surface area contributed by atoms with Crippen LogP contribution in [0.25, 0.3) is 10.9 Å². The highest BCUT2D eigenvalue weighted by Crippen LogP contribution is 2.21. The summed E-state index contributed by atoms with van der Waals surface area (Å²) in [6, 6.07) is 4.89. The van der Waals surface area contributed by atoms with Crippen LogP contribution in [0.2, 0.25) is 0 Å². The molecule has 0 aliphatic rings. The first-order valence-electron chi connectivity index (χ1n) is 4.98. The lowest BCUT2D eigenvalue weighted by atomic mass is 10.1. The van der Waals surface area contributed by atoms with Gasteiger partial charge in [-0.25, -0.2) is 9.59 Å². The van der Waals surface area contributed by atoms with Gasteiger partial charge in [0.1, 0.15) is 5.69 Å². The molecule has 0 fully saturated rings. The lowest BCUT2D eigenvalue weighted by Crippen LogP contribution is -2.03. The van der Waals surface area contributed by atoms with E-state index < -0.39 is 11.9 Å². The van der Waals surface area contributed by atoms with Gasteiger partial charge in [0.05, 0.1) is 12.7 Å². The molecular weight excluding hydrogens is 222 g/mol. The van der Waals surface area contributed by atoms with Gasteiger partial charge in [0.25, 0.3) is 0 Å². The van der Waals surface area contributed by atoms with Crippen molar-refractivity contribution in [2.45, 2.75) is 6.92 Å². The van der Waals surface area contributed by atoms with E-state index in [1.165, 1.54) is 13.2 Å². The maximum absolute atomic E-state index is 11.5. The summed E-state index contributed by atoms with van der Waals surface area (Å²) in [6.07, 6.45) is 0. The first-order chi connectivity index (χ1) is 8.02. The summed E-state index contributed by atoms with van der Waals surface area (Å²) in [7, 11) is 1.31. The van der Waals surface area contributed by atoms with Crippen molar-refractivity contribution in [3.63, 3.8) is 0 Å². The minimum atomic E-state index is -1.03. The molecule has 0 aliphatic heterocycles. The Morgan fingerprint density at radius 3 is 2.59 bits per heavy atom. The molecule has 0 radical (unpaired) electrons. The maximum Gasteiger partial charge on any atom is 0.352 e. The summed E-state index contributed by atoms with van der Waals surface area (Å²) in [4.78, 5) is 25.0. The SMILES string of the molecule is COC(=O)c1cc2[nH]c(C(=O)O)cc2cc1C. The number of hydrogen-bond donors (Lipinski definition) is 2. The van der Waals surface area contributed by atoms with Gasteiger partial charge in [-0.3, -0.25) is 0 Å². The molecule has 0 spiro atoms. The molecule has 1 aromatic heterocycles. The van der Waals surface area contributed by atoms with Crippen molar-refractivity contribution in [3.05, 3.63) is 35.0 Å². The number of rotatable bonds is 2. The number of aromatic amines is 1. The highest BCUT2D eigenvalue weighted by atomic mass is 16.5. The lowest BCUT2D eigenvalue weighted by molar-refractivity contribution is 0.0599. The molecule has 2 aromatic rings. The van der Waals surface area contributed by atoms with Crippen LogP contribution >= 0.6 is 0 Å². The number of benzene rings is 1. The first kappa shape index (κ1) is 11.2. The van der Waals surface area contributed by atoms with Crippen LogP contribution in [0.3, 0.4) is 0 Å². The molecule has 0 saturated heterocycles. The Bertz CT molecular complexity index is 612. The number of aryl methyl sites for hydroxylation is 1. The summed E-state index contributed by atoms with van der Waals surface area (Å²) in [5.74, 6) is -1.46. The number of aromatic carboxylic acids is 1. The summed E-state index contributed by atoms with van der Waals surface area (Å²) in [5.41, 5.74) is 1.88. The van der Waals surface area contributed by atoms with E-state index in [9.17, 15) is 9.59 Å². The van der Waals surface area contributed by atoms with E-state index in [1.54, 1.807) is 19.1 Å². The highest BCUT2D eigenvalue weighted by molar-refractivity contribution is 5.99. The molecule has 0 aliphatic carbocycles. The van der Waals surface area contributed by atoms with Gasteiger partial charge in [-0.05, 0) is 30.7 Å².